The lowest BCUT2D eigenvalue weighted by atomic mass is 9.95. The van der Waals surface area contributed by atoms with Crippen molar-refractivity contribution in [1.29, 1.82) is 0 Å². The molecule has 1 fully saturated rings. The number of aromatic nitrogens is 1. The molecule has 0 N–H and O–H groups in total. The lowest BCUT2D eigenvalue weighted by molar-refractivity contribution is 0.310. The van der Waals surface area contributed by atoms with E-state index in [1.54, 1.807) is 0 Å². The second-order valence-electron chi connectivity index (χ2n) is 6.47. The lowest BCUT2D eigenvalue weighted by Crippen LogP contribution is -2.39. The molecule has 0 saturated carbocycles. The summed E-state index contributed by atoms with van der Waals surface area (Å²) in [6.45, 7) is 0.519. The van der Waals surface area contributed by atoms with Crippen LogP contribution >= 0.6 is 23.2 Å². The molecule has 146 valence electrons. The Morgan fingerprint density at radius 3 is 2.37 bits per heavy atom. The third kappa shape index (κ3) is 4.46. The summed E-state index contributed by atoms with van der Waals surface area (Å²) in [7, 11) is -7.25. The Hall–Kier alpha value is -1.19. The number of sulfonamides is 1. The fourth-order valence-electron chi connectivity index (χ4n) is 3.17. The maximum atomic E-state index is 12.9. The topological polar surface area (TPSA) is 84.4 Å². The molecule has 0 radical (unpaired) electrons. The number of nitrogens with zero attached hydrogens (tertiary/aromatic N) is 2. The van der Waals surface area contributed by atoms with Gasteiger partial charge in [0.2, 0.25) is 10.0 Å². The molecular weight excluding hydrogens is 431 g/mol. The Kier molecular flexibility index (Phi) is 5.84. The minimum Gasteiger partial charge on any atom is -0.258 e. The standard InChI is InChI=1S/C17H18Cl2N2O4S2/c1-26(22,23)16-9-14(19)10-20-17(16)12-3-2-8-21(11-12)27(24,25)15-6-4-13(18)5-7-15/h4-7,9-10,12H,2-3,8,11H2,1H3/t12-/m1/s1. The van der Waals surface area contributed by atoms with Gasteiger partial charge in [0.1, 0.15) is 0 Å². The smallest absolute Gasteiger partial charge is 0.243 e. The Morgan fingerprint density at radius 2 is 1.74 bits per heavy atom. The molecule has 6 nitrogen and oxygen atoms in total. The molecule has 1 aromatic carbocycles. The molecule has 3 rings (SSSR count). The molecule has 1 saturated heterocycles. The van der Waals surface area contributed by atoms with Gasteiger partial charge in [0.25, 0.3) is 0 Å². The summed E-state index contributed by atoms with van der Waals surface area (Å²) >= 11 is 11.8. The van der Waals surface area contributed by atoms with Gasteiger partial charge < -0.3 is 0 Å². The van der Waals surface area contributed by atoms with Crippen molar-refractivity contribution in [3.05, 3.63) is 52.3 Å². The second-order valence-corrected chi connectivity index (χ2v) is 11.3. The number of sulfone groups is 1. The third-order valence-corrected chi connectivity index (χ3v) is 7.93. The predicted molar refractivity (Wildman–Crippen MR) is 105 cm³/mol. The summed E-state index contributed by atoms with van der Waals surface area (Å²) in [6, 6.07) is 7.34. The van der Waals surface area contributed by atoms with Crippen molar-refractivity contribution < 1.29 is 16.8 Å². The molecule has 0 unspecified atom stereocenters. The Balaban J connectivity index is 1.95. The molecule has 0 aliphatic carbocycles. The molecule has 1 atom stereocenters. The van der Waals surface area contributed by atoms with Crippen LogP contribution in [0.1, 0.15) is 24.5 Å². The van der Waals surface area contributed by atoms with Crippen LogP contribution in [0.25, 0.3) is 0 Å². The number of hydrogen-bond donors (Lipinski definition) is 0. The van der Waals surface area contributed by atoms with Crippen molar-refractivity contribution >= 4 is 43.1 Å². The molecule has 1 aliphatic rings. The van der Waals surface area contributed by atoms with E-state index in [9.17, 15) is 16.8 Å². The monoisotopic (exact) mass is 448 g/mol. The van der Waals surface area contributed by atoms with Gasteiger partial charge in [-0.25, -0.2) is 16.8 Å². The largest absolute Gasteiger partial charge is 0.258 e. The highest BCUT2D eigenvalue weighted by molar-refractivity contribution is 7.90. The van der Waals surface area contributed by atoms with Gasteiger partial charge in [-0.15, -0.1) is 0 Å². The van der Waals surface area contributed by atoms with Crippen LogP contribution in [-0.2, 0) is 19.9 Å². The number of benzene rings is 1. The molecule has 1 aromatic heterocycles. The van der Waals surface area contributed by atoms with Gasteiger partial charge in [0, 0.05) is 36.5 Å². The fourth-order valence-corrected chi connectivity index (χ4v) is 5.99. The van der Waals surface area contributed by atoms with Crippen LogP contribution in [0.3, 0.4) is 0 Å². The molecule has 0 spiro atoms. The average Bonchev–Trinajstić information content (AvgIpc) is 2.61. The highest BCUT2D eigenvalue weighted by Gasteiger charge is 2.33. The van der Waals surface area contributed by atoms with Crippen molar-refractivity contribution in [3.63, 3.8) is 0 Å². The molecule has 2 aromatic rings. The van der Waals surface area contributed by atoms with Crippen LogP contribution in [0.2, 0.25) is 10.0 Å². The van der Waals surface area contributed by atoms with Gasteiger partial charge in [-0.3, -0.25) is 4.98 Å². The Labute approximate surface area is 169 Å². The van der Waals surface area contributed by atoms with Crippen molar-refractivity contribution in [3.8, 4) is 0 Å². The maximum Gasteiger partial charge on any atom is 0.243 e. The molecular formula is C17H18Cl2N2O4S2. The normalized spacial score (nSPS) is 19.1. The highest BCUT2D eigenvalue weighted by Crippen LogP contribution is 2.33. The van der Waals surface area contributed by atoms with Crippen molar-refractivity contribution in [2.24, 2.45) is 0 Å². The first kappa shape index (κ1) is 20.5. The van der Waals surface area contributed by atoms with E-state index in [2.05, 4.69) is 4.98 Å². The summed E-state index contributed by atoms with van der Waals surface area (Å²) in [4.78, 5) is 4.42. The van der Waals surface area contributed by atoms with E-state index in [0.717, 1.165) is 6.26 Å². The molecule has 1 aliphatic heterocycles. The molecule has 27 heavy (non-hydrogen) atoms. The average molecular weight is 449 g/mol. The highest BCUT2D eigenvalue weighted by atomic mass is 35.5. The lowest BCUT2D eigenvalue weighted by Gasteiger charge is -2.32. The van der Waals surface area contributed by atoms with E-state index >= 15 is 0 Å². The van der Waals surface area contributed by atoms with Crippen molar-refractivity contribution in [1.82, 2.24) is 9.29 Å². The zero-order valence-electron chi connectivity index (χ0n) is 14.5. The van der Waals surface area contributed by atoms with Crippen molar-refractivity contribution in [2.45, 2.75) is 28.6 Å². The van der Waals surface area contributed by atoms with Gasteiger partial charge in [-0.05, 0) is 43.2 Å². The maximum absolute atomic E-state index is 12.9. The number of rotatable bonds is 4. The van der Waals surface area contributed by atoms with Gasteiger partial charge >= 0.3 is 0 Å². The molecule has 2 heterocycles. The van der Waals surface area contributed by atoms with Gasteiger partial charge in [-0.2, -0.15) is 4.31 Å². The van der Waals surface area contributed by atoms with Crippen LogP contribution in [0.5, 0.6) is 0 Å². The minimum absolute atomic E-state index is 0.0470. The van der Waals surface area contributed by atoms with Gasteiger partial charge in [0.15, 0.2) is 9.84 Å². The van der Waals surface area contributed by atoms with E-state index in [4.69, 9.17) is 23.2 Å². The van der Waals surface area contributed by atoms with Crippen LogP contribution in [0, 0.1) is 0 Å². The van der Waals surface area contributed by atoms with Gasteiger partial charge in [0.05, 0.1) is 20.5 Å². The summed E-state index contributed by atoms with van der Waals surface area (Å²) in [5.74, 6) is -0.331. The van der Waals surface area contributed by atoms with Gasteiger partial charge in [-0.1, -0.05) is 23.2 Å². The number of piperidine rings is 1. The van der Waals surface area contributed by atoms with Crippen LogP contribution in [0.4, 0.5) is 0 Å². The first-order valence-electron chi connectivity index (χ1n) is 8.20. The minimum atomic E-state index is -3.70. The van der Waals surface area contributed by atoms with Crippen LogP contribution < -0.4 is 0 Å². The summed E-state index contributed by atoms with van der Waals surface area (Å²) in [5.41, 5.74) is 0.359. The second kappa shape index (κ2) is 7.67. The first-order chi connectivity index (χ1) is 12.6. The first-order valence-corrected chi connectivity index (χ1v) is 12.3. The quantitative estimate of drug-likeness (QED) is 0.715. The number of pyridine rings is 1. The van der Waals surface area contributed by atoms with Crippen LogP contribution in [-0.4, -0.2) is 45.5 Å². The SMILES string of the molecule is CS(=O)(=O)c1cc(Cl)cnc1[C@@H]1CCCN(S(=O)(=O)c2ccc(Cl)cc2)C1. The molecule has 0 bridgehead atoms. The third-order valence-electron chi connectivity index (χ3n) is 4.47. The molecule has 0 amide bonds. The summed E-state index contributed by atoms with van der Waals surface area (Å²) < 4.78 is 51.5. The summed E-state index contributed by atoms with van der Waals surface area (Å²) in [6.07, 6.45) is 3.72. The predicted octanol–water partition coefficient (Wildman–Crippen LogP) is 3.36. The van der Waals surface area contributed by atoms with E-state index in [-0.39, 0.29) is 27.3 Å². The fraction of sp³-hybridized carbons (Fsp3) is 0.353. The zero-order valence-corrected chi connectivity index (χ0v) is 17.6. The van der Waals surface area contributed by atoms with E-state index in [1.165, 1.54) is 40.8 Å². The van der Waals surface area contributed by atoms with Crippen molar-refractivity contribution in [2.75, 3.05) is 19.3 Å². The number of halogens is 2. The Morgan fingerprint density at radius 1 is 1.07 bits per heavy atom. The number of hydrogen-bond acceptors (Lipinski definition) is 5. The summed E-state index contributed by atoms with van der Waals surface area (Å²) in [5, 5.41) is 0.675. The molecule has 10 heteroatoms. The van der Waals surface area contributed by atoms with E-state index in [0.29, 0.717) is 30.1 Å². The Bertz CT molecular complexity index is 1050. The van der Waals surface area contributed by atoms with E-state index < -0.39 is 19.9 Å². The van der Waals surface area contributed by atoms with Crippen LogP contribution in [0.15, 0.2) is 46.3 Å². The zero-order chi connectivity index (χ0) is 19.8. The van der Waals surface area contributed by atoms with E-state index in [1.807, 2.05) is 0 Å².